The van der Waals surface area contributed by atoms with Crippen LogP contribution < -0.4 is 0 Å². The Labute approximate surface area is 147 Å². The first kappa shape index (κ1) is 16.3. The van der Waals surface area contributed by atoms with Crippen molar-refractivity contribution in [1.29, 1.82) is 0 Å². The number of rotatable bonds is 2. The zero-order valence-corrected chi connectivity index (χ0v) is 13.7. The van der Waals surface area contributed by atoms with Gasteiger partial charge in [0.2, 0.25) is 0 Å². The molecule has 130 valence electrons. The smallest absolute Gasteiger partial charge is 0.282 e. The van der Waals surface area contributed by atoms with Crippen molar-refractivity contribution in [1.82, 2.24) is 19.5 Å². The van der Waals surface area contributed by atoms with Gasteiger partial charge in [-0.3, -0.25) is 9.55 Å². The first-order chi connectivity index (χ1) is 12.5. The topological polar surface area (TPSA) is 43.6 Å². The van der Waals surface area contributed by atoms with Crippen LogP contribution in [0.1, 0.15) is 11.1 Å². The van der Waals surface area contributed by atoms with Crippen molar-refractivity contribution in [3.8, 4) is 16.9 Å². The summed E-state index contributed by atoms with van der Waals surface area (Å²) in [6.45, 7) is 1.95. The van der Waals surface area contributed by atoms with Crippen molar-refractivity contribution in [3.05, 3.63) is 72.4 Å². The van der Waals surface area contributed by atoms with Gasteiger partial charge in [-0.1, -0.05) is 12.1 Å². The molecule has 4 rings (SSSR count). The molecule has 4 aromatic rings. The number of hydrogen-bond donors (Lipinski definition) is 0. The summed E-state index contributed by atoms with van der Waals surface area (Å²) in [5.41, 5.74) is 3.06. The largest absolute Gasteiger partial charge is 0.419 e. The molecule has 0 amide bonds. The minimum Gasteiger partial charge on any atom is -0.282 e. The van der Waals surface area contributed by atoms with Gasteiger partial charge in [0, 0.05) is 29.7 Å². The summed E-state index contributed by atoms with van der Waals surface area (Å²) in [5.74, 6) is -0.192. The third-order valence-electron chi connectivity index (χ3n) is 4.23. The van der Waals surface area contributed by atoms with Gasteiger partial charge in [0.1, 0.15) is 6.33 Å². The van der Waals surface area contributed by atoms with E-state index in [1.54, 1.807) is 24.5 Å². The molecular formula is C19H13F3N4. The maximum absolute atomic E-state index is 13.4. The Bertz CT molecular complexity index is 1100. The number of fused-ring (bicyclic) bond motifs is 1. The lowest BCUT2D eigenvalue weighted by atomic mass is 10.0. The van der Waals surface area contributed by atoms with E-state index >= 15 is 0 Å². The second kappa shape index (κ2) is 5.94. The van der Waals surface area contributed by atoms with Gasteiger partial charge in [-0.05, 0) is 36.8 Å². The third-order valence-corrected chi connectivity index (χ3v) is 4.23. The molecule has 0 aliphatic heterocycles. The minimum atomic E-state index is -4.50. The van der Waals surface area contributed by atoms with Crippen molar-refractivity contribution >= 4 is 11.0 Å². The van der Waals surface area contributed by atoms with Crippen LogP contribution in [0.15, 0.2) is 61.3 Å². The lowest BCUT2D eigenvalue weighted by molar-refractivity contribution is -0.137. The Kier molecular flexibility index (Phi) is 3.72. The number of para-hydroxylation sites is 1. The van der Waals surface area contributed by atoms with Crippen molar-refractivity contribution < 1.29 is 13.2 Å². The molecule has 0 aliphatic carbocycles. The molecule has 3 aromatic heterocycles. The predicted molar refractivity (Wildman–Crippen MR) is 91.8 cm³/mol. The average molecular weight is 354 g/mol. The van der Waals surface area contributed by atoms with Crippen LogP contribution in [0.25, 0.3) is 28.0 Å². The summed E-state index contributed by atoms with van der Waals surface area (Å²) in [6, 6.07) is 9.57. The van der Waals surface area contributed by atoms with Crippen LogP contribution in [0.4, 0.5) is 13.2 Å². The van der Waals surface area contributed by atoms with Crippen LogP contribution in [-0.4, -0.2) is 19.5 Å². The number of benzene rings is 1. The molecule has 7 heteroatoms. The van der Waals surface area contributed by atoms with Gasteiger partial charge in [0.05, 0.1) is 16.6 Å². The van der Waals surface area contributed by atoms with E-state index in [9.17, 15) is 13.2 Å². The second-order valence-electron chi connectivity index (χ2n) is 5.85. The van der Waals surface area contributed by atoms with Crippen LogP contribution in [-0.2, 0) is 6.18 Å². The van der Waals surface area contributed by atoms with Crippen molar-refractivity contribution in [2.45, 2.75) is 13.1 Å². The van der Waals surface area contributed by atoms with Crippen LogP contribution in [0.5, 0.6) is 0 Å². The van der Waals surface area contributed by atoms with Crippen LogP contribution >= 0.6 is 0 Å². The summed E-state index contributed by atoms with van der Waals surface area (Å²) in [7, 11) is 0. The number of aryl methyl sites for hydroxylation is 1. The second-order valence-corrected chi connectivity index (χ2v) is 5.85. The van der Waals surface area contributed by atoms with E-state index in [-0.39, 0.29) is 5.82 Å². The van der Waals surface area contributed by atoms with Gasteiger partial charge < -0.3 is 0 Å². The van der Waals surface area contributed by atoms with Crippen molar-refractivity contribution in [2.75, 3.05) is 0 Å². The summed E-state index contributed by atoms with van der Waals surface area (Å²) < 4.78 is 41.4. The molecule has 0 saturated carbocycles. The van der Waals surface area contributed by atoms with Crippen molar-refractivity contribution in [2.24, 2.45) is 0 Å². The molecule has 0 aliphatic rings. The quantitative estimate of drug-likeness (QED) is 0.519. The predicted octanol–water partition coefficient (Wildman–Crippen LogP) is 4.81. The van der Waals surface area contributed by atoms with Crippen LogP contribution in [0.2, 0.25) is 0 Å². The maximum atomic E-state index is 13.4. The highest BCUT2D eigenvalue weighted by atomic mass is 19.4. The minimum absolute atomic E-state index is 0.192. The molecule has 0 fully saturated rings. The summed E-state index contributed by atoms with van der Waals surface area (Å²) in [5, 5.41) is 0. The maximum Gasteiger partial charge on any atom is 0.419 e. The average Bonchev–Trinajstić information content (AvgIpc) is 3.05. The molecule has 3 heterocycles. The van der Waals surface area contributed by atoms with E-state index < -0.39 is 11.7 Å². The molecule has 0 atom stereocenters. The molecule has 26 heavy (non-hydrogen) atoms. The Morgan fingerprint density at radius 1 is 0.923 bits per heavy atom. The number of nitrogens with zero attached hydrogens (tertiary/aromatic N) is 4. The van der Waals surface area contributed by atoms with E-state index in [0.29, 0.717) is 11.0 Å². The zero-order chi connectivity index (χ0) is 18.3. The normalized spacial score (nSPS) is 11.8. The van der Waals surface area contributed by atoms with E-state index in [0.717, 1.165) is 22.8 Å². The van der Waals surface area contributed by atoms with Gasteiger partial charge in [-0.15, -0.1) is 0 Å². The van der Waals surface area contributed by atoms with E-state index in [2.05, 4.69) is 15.0 Å². The highest BCUT2D eigenvalue weighted by molar-refractivity contribution is 5.93. The number of alkyl halides is 3. The van der Waals surface area contributed by atoms with Gasteiger partial charge in [-0.25, -0.2) is 9.97 Å². The highest BCUT2D eigenvalue weighted by Gasteiger charge is 2.35. The van der Waals surface area contributed by atoms with E-state index in [1.807, 2.05) is 19.1 Å². The van der Waals surface area contributed by atoms with Gasteiger partial charge in [-0.2, -0.15) is 13.2 Å². The first-order valence-corrected chi connectivity index (χ1v) is 7.86. The van der Waals surface area contributed by atoms with Gasteiger partial charge in [0.15, 0.2) is 5.82 Å². The van der Waals surface area contributed by atoms with Crippen LogP contribution in [0.3, 0.4) is 0 Å². The number of aromatic nitrogens is 4. The number of halogens is 3. The molecule has 1 aromatic carbocycles. The molecule has 0 bridgehead atoms. The number of imidazole rings is 1. The monoisotopic (exact) mass is 354 g/mol. The molecule has 0 saturated heterocycles. The fourth-order valence-corrected chi connectivity index (χ4v) is 2.98. The van der Waals surface area contributed by atoms with E-state index in [1.165, 1.54) is 23.2 Å². The molecule has 4 nitrogen and oxygen atoms in total. The molecule has 0 radical (unpaired) electrons. The summed E-state index contributed by atoms with van der Waals surface area (Å²) in [6.07, 6.45) is 1.63. The van der Waals surface area contributed by atoms with E-state index in [4.69, 9.17) is 0 Å². The SMILES string of the molecule is Cc1ccncc1-c1cccc2c1ncn2-c1ncccc1C(F)(F)F. The van der Waals surface area contributed by atoms with Crippen molar-refractivity contribution in [3.63, 3.8) is 0 Å². The molecule has 0 unspecified atom stereocenters. The number of pyridine rings is 2. The molecule has 0 N–H and O–H groups in total. The fraction of sp³-hybridized carbons (Fsp3) is 0.105. The Balaban J connectivity index is 1.97. The Morgan fingerprint density at radius 3 is 2.54 bits per heavy atom. The van der Waals surface area contributed by atoms with Gasteiger partial charge in [0.25, 0.3) is 0 Å². The highest BCUT2D eigenvalue weighted by Crippen LogP contribution is 2.35. The standard InChI is InChI=1S/C19H13F3N4/c1-12-7-9-23-10-14(12)13-4-2-6-16-17(13)25-11-26(16)18-15(19(20,21)22)5-3-8-24-18/h2-11H,1H3. The van der Waals surface area contributed by atoms with Gasteiger partial charge >= 0.3 is 6.18 Å². The first-order valence-electron chi connectivity index (χ1n) is 7.86. The Morgan fingerprint density at radius 2 is 1.77 bits per heavy atom. The fourth-order valence-electron chi connectivity index (χ4n) is 2.98. The zero-order valence-electron chi connectivity index (χ0n) is 13.7. The molecule has 0 spiro atoms. The lowest BCUT2D eigenvalue weighted by Gasteiger charge is -2.13. The number of hydrogen-bond acceptors (Lipinski definition) is 3. The third kappa shape index (κ3) is 2.61. The summed E-state index contributed by atoms with van der Waals surface area (Å²) in [4.78, 5) is 12.5. The lowest BCUT2D eigenvalue weighted by Crippen LogP contribution is -2.11. The summed E-state index contributed by atoms with van der Waals surface area (Å²) >= 11 is 0. The molecular weight excluding hydrogens is 341 g/mol. The Hall–Kier alpha value is -3.22. The van der Waals surface area contributed by atoms with Crippen LogP contribution in [0, 0.1) is 6.92 Å².